The predicted octanol–water partition coefficient (Wildman–Crippen LogP) is 4.56. The molecule has 1 N–H and O–H groups in total. The largest absolute Gasteiger partial charge is 0.371 e. The van der Waals surface area contributed by atoms with Crippen molar-refractivity contribution in [1.82, 2.24) is 4.90 Å². The SMILES string of the molecule is O=C(C=Cc1ccccc1)Nc1ccc(N2CCCC2)c(C(=O)N2CCCCC2)c1. The van der Waals surface area contributed by atoms with Gasteiger partial charge >= 0.3 is 0 Å². The number of nitrogens with one attached hydrogen (secondary N) is 1. The van der Waals surface area contributed by atoms with E-state index in [1.165, 1.54) is 12.5 Å². The molecule has 0 spiro atoms. The van der Waals surface area contributed by atoms with Gasteiger partial charge in [0, 0.05) is 43.6 Å². The molecule has 0 saturated carbocycles. The van der Waals surface area contributed by atoms with Crippen molar-refractivity contribution in [3.63, 3.8) is 0 Å². The van der Waals surface area contributed by atoms with Gasteiger partial charge in [0.05, 0.1) is 5.56 Å². The third-order valence-corrected chi connectivity index (χ3v) is 5.81. The quantitative estimate of drug-likeness (QED) is 0.745. The zero-order valence-corrected chi connectivity index (χ0v) is 17.3. The van der Waals surface area contributed by atoms with Crippen LogP contribution in [0.1, 0.15) is 48.0 Å². The number of carbonyl (C=O) groups excluding carboxylic acids is 2. The molecule has 0 bridgehead atoms. The summed E-state index contributed by atoms with van der Waals surface area (Å²) in [4.78, 5) is 30.0. The van der Waals surface area contributed by atoms with E-state index in [1.807, 2.05) is 53.4 Å². The molecule has 0 unspecified atom stereocenters. The van der Waals surface area contributed by atoms with Gasteiger partial charge in [0.15, 0.2) is 0 Å². The number of hydrogen-bond acceptors (Lipinski definition) is 3. The highest BCUT2D eigenvalue weighted by Crippen LogP contribution is 2.29. The highest BCUT2D eigenvalue weighted by Gasteiger charge is 2.25. The van der Waals surface area contributed by atoms with E-state index >= 15 is 0 Å². The van der Waals surface area contributed by atoms with Gasteiger partial charge in [0.25, 0.3) is 5.91 Å². The maximum atomic E-state index is 13.3. The molecule has 0 atom stereocenters. The summed E-state index contributed by atoms with van der Waals surface area (Å²) in [6.07, 6.45) is 8.92. The summed E-state index contributed by atoms with van der Waals surface area (Å²) in [6.45, 7) is 3.58. The van der Waals surface area contributed by atoms with Crippen LogP contribution in [0.4, 0.5) is 11.4 Å². The van der Waals surface area contributed by atoms with E-state index in [1.54, 1.807) is 6.08 Å². The number of piperidine rings is 1. The molecule has 156 valence electrons. The zero-order valence-electron chi connectivity index (χ0n) is 17.3. The Kier molecular flexibility index (Phi) is 6.47. The highest BCUT2D eigenvalue weighted by atomic mass is 16.2. The normalized spacial score (nSPS) is 16.8. The van der Waals surface area contributed by atoms with Crippen molar-refractivity contribution in [3.8, 4) is 0 Å². The number of nitrogens with zero attached hydrogens (tertiary/aromatic N) is 2. The summed E-state index contributed by atoms with van der Waals surface area (Å²) >= 11 is 0. The lowest BCUT2D eigenvalue weighted by Gasteiger charge is -2.29. The fourth-order valence-electron chi connectivity index (χ4n) is 4.21. The Morgan fingerprint density at radius 2 is 1.53 bits per heavy atom. The Balaban J connectivity index is 1.54. The number of carbonyl (C=O) groups is 2. The molecule has 2 saturated heterocycles. The van der Waals surface area contributed by atoms with Crippen LogP contribution in [-0.4, -0.2) is 42.9 Å². The van der Waals surface area contributed by atoms with E-state index in [0.717, 1.165) is 63.1 Å². The first-order valence-electron chi connectivity index (χ1n) is 10.9. The Morgan fingerprint density at radius 1 is 0.833 bits per heavy atom. The van der Waals surface area contributed by atoms with E-state index in [9.17, 15) is 9.59 Å². The summed E-state index contributed by atoms with van der Waals surface area (Å²) in [5.41, 5.74) is 3.31. The molecule has 0 radical (unpaired) electrons. The Bertz CT molecular complexity index is 911. The molecular formula is C25H29N3O2. The van der Waals surface area contributed by atoms with Crippen LogP contribution in [0.25, 0.3) is 6.08 Å². The Hall–Kier alpha value is -3.08. The molecule has 2 heterocycles. The van der Waals surface area contributed by atoms with E-state index in [4.69, 9.17) is 0 Å². The predicted molar refractivity (Wildman–Crippen MR) is 122 cm³/mol. The van der Waals surface area contributed by atoms with Crippen molar-refractivity contribution in [2.45, 2.75) is 32.1 Å². The highest BCUT2D eigenvalue weighted by molar-refractivity contribution is 6.05. The summed E-state index contributed by atoms with van der Waals surface area (Å²) in [7, 11) is 0. The minimum Gasteiger partial charge on any atom is -0.371 e. The molecule has 2 aromatic carbocycles. The molecule has 0 aliphatic carbocycles. The minimum absolute atomic E-state index is 0.0764. The van der Waals surface area contributed by atoms with Gasteiger partial charge in [-0.15, -0.1) is 0 Å². The molecule has 2 aromatic rings. The van der Waals surface area contributed by atoms with Gasteiger partial charge in [0.2, 0.25) is 5.91 Å². The molecule has 2 aliphatic heterocycles. The van der Waals surface area contributed by atoms with Crippen molar-refractivity contribution in [2.24, 2.45) is 0 Å². The minimum atomic E-state index is -0.204. The number of rotatable bonds is 5. The molecule has 5 nitrogen and oxygen atoms in total. The van der Waals surface area contributed by atoms with Crippen LogP contribution in [-0.2, 0) is 4.79 Å². The van der Waals surface area contributed by atoms with Gasteiger partial charge in [-0.3, -0.25) is 9.59 Å². The Morgan fingerprint density at radius 3 is 2.27 bits per heavy atom. The van der Waals surface area contributed by atoms with Crippen LogP contribution in [0.15, 0.2) is 54.6 Å². The van der Waals surface area contributed by atoms with Crippen molar-refractivity contribution in [2.75, 3.05) is 36.4 Å². The average Bonchev–Trinajstić information content (AvgIpc) is 3.33. The Labute approximate surface area is 178 Å². The second-order valence-electron chi connectivity index (χ2n) is 8.01. The summed E-state index contributed by atoms with van der Waals surface area (Å²) < 4.78 is 0. The van der Waals surface area contributed by atoms with E-state index in [0.29, 0.717) is 11.3 Å². The van der Waals surface area contributed by atoms with Gasteiger partial charge < -0.3 is 15.1 Å². The molecule has 2 fully saturated rings. The number of anilines is 2. The maximum absolute atomic E-state index is 13.3. The van der Waals surface area contributed by atoms with Crippen molar-refractivity contribution < 1.29 is 9.59 Å². The van der Waals surface area contributed by atoms with Crippen LogP contribution >= 0.6 is 0 Å². The third kappa shape index (κ3) is 4.90. The molecule has 4 rings (SSSR count). The molecule has 0 aromatic heterocycles. The number of amides is 2. The lowest BCUT2D eigenvalue weighted by molar-refractivity contribution is -0.111. The fourth-order valence-corrected chi connectivity index (χ4v) is 4.21. The van der Waals surface area contributed by atoms with Crippen LogP contribution < -0.4 is 10.2 Å². The lowest BCUT2D eigenvalue weighted by Crippen LogP contribution is -2.36. The van der Waals surface area contributed by atoms with Crippen molar-refractivity contribution >= 4 is 29.3 Å². The third-order valence-electron chi connectivity index (χ3n) is 5.81. The van der Waals surface area contributed by atoms with E-state index in [-0.39, 0.29) is 11.8 Å². The topological polar surface area (TPSA) is 52.7 Å². The van der Waals surface area contributed by atoms with Crippen LogP contribution in [0, 0.1) is 0 Å². The van der Waals surface area contributed by atoms with Gasteiger partial charge in [0.1, 0.15) is 0 Å². The van der Waals surface area contributed by atoms with Crippen LogP contribution in [0.5, 0.6) is 0 Å². The maximum Gasteiger partial charge on any atom is 0.256 e. The molecular weight excluding hydrogens is 374 g/mol. The first kappa shape index (κ1) is 20.2. The zero-order chi connectivity index (χ0) is 20.8. The van der Waals surface area contributed by atoms with E-state index < -0.39 is 0 Å². The number of benzene rings is 2. The summed E-state index contributed by atoms with van der Waals surface area (Å²) in [5.74, 6) is -0.128. The van der Waals surface area contributed by atoms with Gasteiger partial charge in [-0.05, 0) is 61.9 Å². The lowest BCUT2D eigenvalue weighted by atomic mass is 10.1. The summed E-state index contributed by atoms with van der Waals surface area (Å²) in [5, 5.41) is 2.91. The molecule has 30 heavy (non-hydrogen) atoms. The van der Waals surface area contributed by atoms with E-state index in [2.05, 4.69) is 10.2 Å². The molecule has 5 heteroatoms. The van der Waals surface area contributed by atoms with Crippen molar-refractivity contribution in [1.29, 1.82) is 0 Å². The summed E-state index contributed by atoms with van der Waals surface area (Å²) in [6, 6.07) is 15.4. The number of likely N-dealkylation sites (tertiary alicyclic amines) is 1. The van der Waals surface area contributed by atoms with Gasteiger partial charge in [-0.1, -0.05) is 30.3 Å². The number of hydrogen-bond donors (Lipinski definition) is 1. The average molecular weight is 404 g/mol. The molecule has 2 amide bonds. The smallest absolute Gasteiger partial charge is 0.256 e. The standard InChI is InChI=1S/C25H29N3O2/c29-24(14-11-20-9-3-1-4-10-20)26-21-12-13-23(27-15-7-8-16-27)22(19-21)25(30)28-17-5-2-6-18-28/h1,3-4,9-14,19H,2,5-8,15-18H2,(H,26,29). The van der Waals surface area contributed by atoms with Crippen LogP contribution in [0.2, 0.25) is 0 Å². The molecule has 2 aliphatic rings. The second kappa shape index (κ2) is 9.61. The second-order valence-corrected chi connectivity index (χ2v) is 8.01. The van der Waals surface area contributed by atoms with Crippen LogP contribution in [0.3, 0.4) is 0 Å². The monoisotopic (exact) mass is 403 g/mol. The van der Waals surface area contributed by atoms with Crippen molar-refractivity contribution in [3.05, 3.63) is 65.7 Å². The first-order valence-corrected chi connectivity index (χ1v) is 10.9. The van der Waals surface area contributed by atoms with Gasteiger partial charge in [-0.2, -0.15) is 0 Å². The fraction of sp³-hybridized carbons (Fsp3) is 0.360. The van der Waals surface area contributed by atoms with Gasteiger partial charge in [-0.25, -0.2) is 0 Å². The first-order chi connectivity index (χ1) is 14.7.